The first kappa shape index (κ1) is 18.2. The van der Waals surface area contributed by atoms with Crippen LogP contribution in [0.1, 0.15) is 6.42 Å². The molecule has 0 radical (unpaired) electrons. The van der Waals surface area contributed by atoms with Crippen LogP contribution in [0.3, 0.4) is 0 Å². The molecular weight excluding hydrogens is 308 g/mol. The zero-order valence-electron chi connectivity index (χ0n) is 14.3. The molecule has 3 N–H and O–H groups in total. The number of nitrogens with one attached hydrogen (secondary N) is 1. The Balaban J connectivity index is 1.85. The summed E-state index contributed by atoms with van der Waals surface area (Å²) < 4.78 is 5.40. The van der Waals surface area contributed by atoms with Gasteiger partial charge in [0.05, 0.1) is 5.92 Å². The molecule has 0 bridgehead atoms. The molecule has 1 aromatic carbocycles. The van der Waals surface area contributed by atoms with Crippen LogP contribution in [0.25, 0.3) is 0 Å². The van der Waals surface area contributed by atoms with Gasteiger partial charge in [-0.2, -0.15) is 0 Å². The molecule has 1 heterocycles. The third kappa shape index (κ3) is 5.21. The lowest BCUT2D eigenvalue weighted by atomic mass is 10.1. The molecule has 1 fully saturated rings. The van der Waals surface area contributed by atoms with Gasteiger partial charge in [-0.05, 0) is 38.4 Å². The van der Waals surface area contributed by atoms with Crippen LogP contribution in [0.15, 0.2) is 24.3 Å². The summed E-state index contributed by atoms with van der Waals surface area (Å²) in [5.74, 6) is 0.339. The molecule has 2 rings (SSSR count). The topological polar surface area (TPSA) is 87.9 Å². The Morgan fingerprint density at radius 1 is 1.38 bits per heavy atom. The van der Waals surface area contributed by atoms with E-state index >= 15 is 0 Å². The van der Waals surface area contributed by atoms with E-state index in [1.807, 2.05) is 19.0 Å². The van der Waals surface area contributed by atoms with Gasteiger partial charge in [-0.3, -0.25) is 9.59 Å². The maximum Gasteiger partial charge on any atom is 0.229 e. The van der Waals surface area contributed by atoms with Gasteiger partial charge < -0.3 is 25.6 Å². The molecule has 1 unspecified atom stereocenters. The summed E-state index contributed by atoms with van der Waals surface area (Å²) in [6.45, 7) is 2.85. The molecule has 1 saturated heterocycles. The van der Waals surface area contributed by atoms with Crippen LogP contribution < -0.4 is 15.8 Å². The van der Waals surface area contributed by atoms with Gasteiger partial charge in [0.25, 0.3) is 0 Å². The van der Waals surface area contributed by atoms with Crippen LogP contribution in [0.5, 0.6) is 5.75 Å². The number of carbonyl (C=O) groups excluding carboxylic acids is 2. The predicted molar refractivity (Wildman–Crippen MR) is 92.9 cm³/mol. The fourth-order valence-electron chi connectivity index (χ4n) is 2.54. The number of anilines is 1. The first-order valence-electron chi connectivity index (χ1n) is 8.16. The number of nitrogens with two attached hydrogens (primary N) is 1. The second-order valence-electron chi connectivity index (χ2n) is 6.19. The number of nitrogens with zero attached hydrogens (tertiary/aromatic N) is 2. The number of likely N-dealkylation sites (tertiary alicyclic amines) is 1. The normalized spacial score (nSPS) is 17.4. The molecule has 2 amide bonds. The molecule has 0 aliphatic carbocycles. The third-order valence-corrected chi connectivity index (χ3v) is 3.91. The lowest BCUT2D eigenvalue weighted by Gasteiger charge is -2.19. The molecule has 24 heavy (non-hydrogen) atoms. The molecule has 7 nitrogen and oxygen atoms in total. The minimum atomic E-state index is -0.298. The van der Waals surface area contributed by atoms with Crippen molar-refractivity contribution >= 4 is 17.5 Å². The van der Waals surface area contributed by atoms with Crippen LogP contribution in [0.2, 0.25) is 0 Å². The molecule has 1 aromatic rings. The van der Waals surface area contributed by atoms with Crippen molar-refractivity contribution in [3.63, 3.8) is 0 Å². The largest absolute Gasteiger partial charge is 0.492 e. The van der Waals surface area contributed by atoms with E-state index in [1.165, 1.54) is 0 Å². The molecule has 1 aliphatic rings. The van der Waals surface area contributed by atoms with Crippen LogP contribution >= 0.6 is 0 Å². The quantitative estimate of drug-likeness (QED) is 0.717. The third-order valence-electron chi connectivity index (χ3n) is 3.91. The Labute approximate surface area is 142 Å². The second-order valence-corrected chi connectivity index (χ2v) is 6.19. The fourth-order valence-corrected chi connectivity index (χ4v) is 2.54. The molecule has 0 spiro atoms. The number of likely N-dealkylation sites (N-methyl/N-ethyl adjacent to an activating group) is 1. The Morgan fingerprint density at radius 3 is 2.71 bits per heavy atom. The molecule has 7 heteroatoms. The number of amides is 2. The van der Waals surface area contributed by atoms with E-state index in [9.17, 15) is 9.59 Å². The van der Waals surface area contributed by atoms with Gasteiger partial charge in [0.2, 0.25) is 11.8 Å². The summed E-state index contributed by atoms with van der Waals surface area (Å²) in [5.41, 5.74) is 6.08. The van der Waals surface area contributed by atoms with Crippen molar-refractivity contribution in [2.24, 2.45) is 11.7 Å². The first-order valence-corrected chi connectivity index (χ1v) is 8.16. The molecular formula is C17H26N4O3. The highest BCUT2D eigenvalue weighted by atomic mass is 16.5. The SMILES string of the molecule is CN(C)CCN1CC(C(=O)Nc2ccc(OCCN)cc2)CC1=O. The minimum Gasteiger partial charge on any atom is -0.492 e. The zero-order chi connectivity index (χ0) is 17.5. The lowest BCUT2D eigenvalue weighted by Crippen LogP contribution is -2.33. The Bertz CT molecular complexity index is 559. The van der Waals surface area contributed by atoms with Gasteiger partial charge in [-0.25, -0.2) is 0 Å². The maximum atomic E-state index is 12.4. The average molecular weight is 334 g/mol. The smallest absolute Gasteiger partial charge is 0.229 e. The summed E-state index contributed by atoms with van der Waals surface area (Å²) in [6, 6.07) is 7.14. The summed E-state index contributed by atoms with van der Waals surface area (Å²) in [5, 5.41) is 2.86. The lowest BCUT2D eigenvalue weighted by molar-refractivity contribution is -0.128. The monoisotopic (exact) mass is 334 g/mol. The molecule has 1 aliphatic heterocycles. The van der Waals surface area contributed by atoms with Crippen molar-refractivity contribution in [3.05, 3.63) is 24.3 Å². The van der Waals surface area contributed by atoms with Crippen molar-refractivity contribution in [3.8, 4) is 5.75 Å². The highest BCUT2D eigenvalue weighted by molar-refractivity contribution is 5.97. The van der Waals surface area contributed by atoms with E-state index in [2.05, 4.69) is 5.32 Å². The fraction of sp³-hybridized carbons (Fsp3) is 0.529. The first-order chi connectivity index (χ1) is 11.5. The molecule has 1 atom stereocenters. The van der Waals surface area contributed by atoms with E-state index in [1.54, 1.807) is 29.2 Å². The van der Waals surface area contributed by atoms with Gasteiger partial charge in [-0.1, -0.05) is 0 Å². The minimum absolute atomic E-state index is 0.0440. The van der Waals surface area contributed by atoms with Crippen molar-refractivity contribution in [2.75, 3.05) is 52.2 Å². The number of carbonyl (C=O) groups is 2. The molecule has 0 saturated carbocycles. The van der Waals surface area contributed by atoms with E-state index in [0.29, 0.717) is 37.7 Å². The maximum absolute atomic E-state index is 12.4. The van der Waals surface area contributed by atoms with Gasteiger partial charge in [0.1, 0.15) is 12.4 Å². The van der Waals surface area contributed by atoms with Crippen molar-refractivity contribution < 1.29 is 14.3 Å². The van der Waals surface area contributed by atoms with Crippen molar-refractivity contribution in [1.82, 2.24) is 9.80 Å². The standard InChI is InChI=1S/C17H26N4O3/c1-20(2)8-9-21-12-13(11-16(21)22)17(23)19-14-3-5-15(6-4-14)24-10-7-18/h3-6,13H,7-12,18H2,1-2H3,(H,19,23). The van der Waals surface area contributed by atoms with Gasteiger partial charge >= 0.3 is 0 Å². The van der Waals surface area contributed by atoms with Crippen molar-refractivity contribution in [2.45, 2.75) is 6.42 Å². The van der Waals surface area contributed by atoms with Crippen LogP contribution in [-0.4, -0.2) is 68.5 Å². The molecule has 0 aromatic heterocycles. The zero-order valence-corrected chi connectivity index (χ0v) is 14.3. The number of rotatable bonds is 8. The second kappa shape index (κ2) is 8.65. The summed E-state index contributed by atoms with van der Waals surface area (Å²) in [4.78, 5) is 28.1. The van der Waals surface area contributed by atoms with Crippen LogP contribution in [-0.2, 0) is 9.59 Å². The number of hydrogen-bond donors (Lipinski definition) is 2. The van der Waals surface area contributed by atoms with E-state index in [4.69, 9.17) is 10.5 Å². The summed E-state index contributed by atoms with van der Waals surface area (Å²) in [7, 11) is 3.93. The number of ether oxygens (including phenoxy) is 1. The van der Waals surface area contributed by atoms with E-state index in [0.717, 1.165) is 6.54 Å². The highest BCUT2D eigenvalue weighted by Gasteiger charge is 2.34. The Hall–Kier alpha value is -2.12. The Morgan fingerprint density at radius 2 is 2.08 bits per heavy atom. The predicted octanol–water partition coefficient (Wildman–Crippen LogP) is 0.373. The molecule has 132 valence electrons. The van der Waals surface area contributed by atoms with Crippen LogP contribution in [0, 0.1) is 5.92 Å². The van der Waals surface area contributed by atoms with Gasteiger partial charge in [0.15, 0.2) is 0 Å². The average Bonchev–Trinajstić information content (AvgIpc) is 2.93. The Kier molecular flexibility index (Phi) is 6.57. The summed E-state index contributed by atoms with van der Waals surface area (Å²) in [6.07, 6.45) is 0.275. The van der Waals surface area contributed by atoms with E-state index < -0.39 is 0 Å². The number of hydrogen-bond acceptors (Lipinski definition) is 5. The van der Waals surface area contributed by atoms with Gasteiger partial charge in [0, 0.05) is 38.3 Å². The number of benzene rings is 1. The van der Waals surface area contributed by atoms with Gasteiger partial charge in [-0.15, -0.1) is 0 Å². The van der Waals surface area contributed by atoms with E-state index in [-0.39, 0.29) is 24.2 Å². The highest BCUT2D eigenvalue weighted by Crippen LogP contribution is 2.21. The van der Waals surface area contributed by atoms with Crippen LogP contribution in [0.4, 0.5) is 5.69 Å². The van der Waals surface area contributed by atoms with Crippen molar-refractivity contribution in [1.29, 1.82) is 0 Å². The summed E-state index contributed by atoms with van der Waals surface area (Å²) >= 11 is 0.